The molecule has 0 saturated carbocycles. The third kappa shape index (κ3) is 3.00. The normalized spacial score (nSPS) is 12.8. The summed E-state index contributed by atoms with van der Waals surface area (Å²) in [4.78, 5) is 0. The van der Waals surface area contributed by atoms with E-state index >= 15 is 0 Å². The summed E-state index contributed by atoms with van der Waals surface area (Å²) in [6.45, 7) is 0.114. The molecule has 66 valence electrons. The van der Waals surface area contributed by atoms with Gasteiger partial charge in [0.25, 0.3) is 0 Å². The standard InChI is InChI=1S/C7H9NO3S/c8-7-3-1-6(2-4-7)5-11-12(9)10/h1-4H,5,8H2,(H,9,10). The molecule has 1 atom stereocenters. The molecule has 0 aliphatic heterocycles. The first-order chi connectivity index (χ1) is 5.68. The fraction of sp³-hybridized carbons (Fsp3) is 0.143. The van der Waals surface area contributed by atoms with Crippen LogP contribution in [0.5, 0.6) is 0 Å². The van der Waals surface area contributed by atoms with Crippen molar-refractivity contribution in [3.63, 3.8) is 0 Å². The molecule has 1 aromatic rings. The van der Waals surface area contributed by atoms with Gasteiger partial charge in [0.05, 0.1) is 6.61 Å². The first kappa shape index (κ1) is 9.18. The fourth-order valence-corrected chi connectivity index (χ4v) is 0.969. The smallest absolute Gasteiger partial charge is 0.302 e. The molecule has 1 aromatic carbocycles. The summed E-state index contributed by atoms with van der Waals surface area (Å²) in [5, 5.41) is 0. The highest BCUT2D eigenvalue weighted by atomic mass is 32.2. The van der Waals surface area contributed by atoms with Crippen LogP contribution in [0, 0.1) is 0 Å². The second-order valence-electron chi connectivity index (χ2n) is 2.22. The van der Waals surface area contributed by atoms with E-state index in [-0.39, 0.29) is 6.61 Å². The van der Waals surface area contributed by atoms with Crippen molar-refractivity contribution in [1.29, 1.82) is 0 Å². The molecule has 5 heteroatoms. The molecule has 1 rings (SSSR count). The third-order valence-corrected chi connectivity index (χ3v) is 1.63. The van der Waals surface area contributed by atoms with E-state index in [0.29, 0.717) is 5.69 Å². The van der Waals surface area contributed by atoms with Gasteiger partial charge in [0.1, 0.15) is 0 Å². The Labute approximate surface area is 72.8 Å². The Morgan fingerprint density at radius 3 is 2.50 bits per heavy atom. The number of anilines is 1. The van der Waals surface area contributed by atoms with Crippen molar-refractivity contribution in [3.8, 4) is 0 Å². The van der Waals surface area contributed by atoms with Crippen LogP contribution in [0.2, 0.25) is 0 Å². The first-order valence-corrected chi connectivity index (χ1v) is 4.30. The van der Waals surface area contributed by atoms with Gasteiger partial charge in [-0.1, -0.05) is 12.1 Å². The van der Waals surface area contributed by atoms with E-state index in [4.69, 9.17) is 10.3 Å². The highest BCUT2D eigenvalue weighted by molar-refractivity contribution is 7.74. The second-order valence-corrected chi connectivity index (χ2v) is 2.89. The van der Waals surface area contributed by atoms with Gasteiger partial charge in [-0.25, -0.2) is 0 Å². The molecule has 4 nitrogen and oxygen atoms in total. The molecule has 0 aromatic heterocycles. The van der Waals surface area contributed by atoms with Crippen LogP contribution in [0.15, 0.2) is 24.3 Å². The van der Waals surface area contributed by atoms with E-state index in [2.05, 4.69) is 4.18 Å². The number of hydrogen-bond acceptors (Lipinski definition) is 3. The largest absolute Gasteiger partial charge is 0.399 e. The molecule has 0 spiro atoms. The highest BCUT2D eigenvalue weighted by Gasteiger charge is 1.95. The maximum atomic E-state index is 10.1. The van der Waals surface area contributed by atoms with Crippen LogP contribution < -0.4 is 5.73 Å². The number of nitrogens with two attached hydrogens (primary N) is 1. The average Bonchev–Trinajstić information content (AvgIpc) is 2.03. The molecule has 0 bridgehead atoms. The van der Waals surface area contributed by atoms with Crippen LogP contribution in [0.25, 0.3) is 0 Å². The van der Waals surface area contributed by atoms with Crippen LogP contribution >= 0.6 is 0 Å². The minimum Gasteiger partial charge on any atom is -0.399 e. The Bertz CT molecular complexity index is 272. The van der Waals surface area contributed by atoms with E-state index in [1.807, 2.05) is 0 Å². The van der Waals surface area contributed by atoms with Gasteiger partial charge in [-0.3, -0.25) is 8.74 Å². The lowest BCUT2D eigenvalue weighted by Gasteiger charge is -1.99. The number of hydrogen-bond donors (Lipinski definition) is 2. The molecule has 0 radical (unpaired) electrons. The number of benzene rings is 1. The number of rotatable bonds is 3. The van der Waals surface area contributed by atoms with Gasteiger partial charge in [0.2, 0.25) is 0 Å². The summed E-state index contributed by atoms with van der Waals surface area (Å²) < 4.78 is 22.9. The summed E-state index contributed by atoms with van der Waals surface area (Å²) in [5.74, 6) is 0. The van der Waals surface area contributed by atoms with Gasteiger partial charge >= 0.3 is 11.4 Å². The molecule has 0 aliphatic rings. The van der Waals surface area contributed by atoms with Crippen LogP contribution in [-0.2, 0) is 22.2 Å². The summed E-state index contributed by atoms with van der Waals surface area (Å²) >= 11 is -2.20. The second kappa shape index (κ2) is 4.20. The van der Waals surface area contributed by atoms with Crippen molar-refractivity contribution in [2.45, 2.75) is 6.61 Å². The predicted molar refractivity (Wildman–Crippen MR) is 46.4 cm³/mol. The SMILES string of the molecule is Nc1ccc(COS(=O)O)cc1. The third-order valence-electron chi connectivity index (χ3n) is 1.31. The van der Waals surface area contributed by atoms with Crippen LogP contribution in [-0.4, -0.2) is 8.76 Å². The minimum atomic E-state index is -2.20. The lowest BCUT2D eigenvalue weighted by Crippen LogP contribution is -1.95. The number of nitrogen functional groups attached to an aromatic ring is 1. The van der Waals surface area contributed by atoms with Gasteiger partial charge in [-0.05, 0) is 17.7 Å². The van der Waals surface area contributed by atoms with Crippen molar-refractivity contribution in [3.05, 3.63) is 29.8 Å². The molecule has 12 heavy (non-hydrogen) atoms. The Morgan fingerprint density at radius 1 is 1.42 bits per heavy atom. The average molecular weight is 187 g/mol. The Hall–Kier alpha value is -0.910. The lowest BCUT2D eigenvalue weighted by molar-refractivity contribution is 0.297. The van der Waals surface area contributed by atoms with Crippen molar-refractivity contribution in [1.82, 2.24) is 0 Å². The van der Waals surface area contributed by atoms with Crippen LogP contribution in [0.1, 0.15) is 5.56 Å². The Morgan fingerprint density at radius 2 is 2.00 bits per heavy atom. The minimum absolute atomic E-state index is 0.114. The summed E-state index contributed by atoms with van der Waals surface area (Å²) in [6, 6.07) is 6.89. The molecule has 1 unspecified atom stereocenters. The van der Waals surface area contributed by atoms with E-state index in [9.17, 15) is 4.21 Å². The first-order valence-electron chi connectivity index (χ1n) is 3.27. The van der Waals surface area contributed by atoms with Gasteiger partial charge < -0.3 is 5.73 Å². The van der Waals surface area contributed by atoms with Crippen LogP contribution in [0.3, 0.4) is 0 Å². The topological polar surface area (TPSA) is 72.5 Å². The fourth-order valence-electron chi connectivity index (χ4n) is 0.732. The maximum absolute atomic E-state index is 10.1. The van der Waals surface area contributed by atoms with Gasteiger partial charge in [-0.15, -0.1) is 0 Å². The molecule has 0 saturated heterocycles. The monoisotopic (exact) mass is 187 g/mol. The van der Waals surface area contributed by atoms with Gasteiger partial charge in [0.15, 0.2) is 0 Å². The zero-order valence-corrected chi connectivity index (χ0v) is 7.08. The molecule has 0 fully saturated rings. The van der Waals surface area contributed by atoms with E-state index in [1.54, 1.807) is 24.3 Å². The highest BCUT2D eigenvalue weighted by Crippen LogP contribution is 2.06. The molecular formula is C7H9NO3S. The molecule has 3 N–H and O–H groups in total. The van der Waals surface area contributed by atoms with Crippen molar-refractivity contribution in [2.24, 2.45) is 0 Å². The predicted octanol–water partition coefficient (Wildman–Crippen LogP) is 0.922. The van der Waals surface area contributed by atoms with Crippen molar-refractivity contribution < 1.29 is 12.9 Å². The quantitative estimate of drug-likeness (QED) is 0.545. The summed E-state index contributed by atoms with van der Waals surface area (Å²) in [7, 11) is 0. The van der Waals surface area contributed by atoms with Crippen LogP contribution in [0.4, 0.5) is 5.69 Å². The van der Waals surface area contributed by atoms with Crippen molar-refractivity contribution >= 4 is 17.0 Å². The molecule has 0 heterocycles. The zero-order valence-electron chi connectivity index (χ0n) is 6.27. The summed E-state index contributed by atoms with van der Waals surface area (Å²) in [5.41, 5.74) is 6.90. The molecule has 0 amide bonds. The Balaban J connectivity index is 2.53. The lowest BCUT2D eigenvalue weighted by atomic mass is 10.2. The maximum Gasteiger partial charge on any atom is 0.302 e. The van der Waals surface area contributed by atoms with E-state index < -0.39 is 11.4 Å². The molecule has 0 aliphatic carbocycles. The molecular weight excluding hydrogens is 178 g/mol. The zero-order chi connectivity index (χ0) is 8.97. The van der Waals surface area contributed by atoms with Gasteiger partial charge in [-0.2, -0.15) is 4.21 Å². The Kier molecular flexibility index (Phi) is 3.21. The van der Waals surface area contributed by atoms with E-state index in [0.717, 1.165) is 5.56 Å². The van der Waals surface area contributed by atoms with Crippen molar-refractivity contribution in [2.75, 3.05) is 5.73 Å². The summed E-state index contributed by atoms with van der Waals surface area (Å²) in [6.07, 6.45) is 0. The van der Waals surface area contributed by atoms with Gasteiger partial charge in [0, 0.05) is 5.69 Å². The van der Waals surface area contributed by atoms with E-state index in [1.165, 1.54) is 0 Å².